The smallest absolute Gasteiger partial charge is 0.265 e. The van der Waals surface area contributed by atoms with Crippen molar-refractivity contribution in [2.45, 2.75) is 25.8 Å². The molecule has 0 atom stereocenters. The topological polar surface area (TPSA) is 90.7 Å². The lowest BCUT2D eigenvalue weighted by molar-refractivity contribution is 0.103. The second kappa shape index (κ2) is 12.7. The fourth-order valence-electron chi connectivity index (χ4n) is 6.01. The molecule has 0 bridgehead atoms. The average Bonchev–Trinajstić information content (AvgIpc) is 3.69. The number of piperidine rings is 1. The number of benzene rings is 2. The van der Waals surface area contributed by atoms with E-state index in [9.17, 15) is 4.79 Å². The van der Waals surface area contributed by atoms with Gasteiger partial charge in [0.1, 0.15) is 5.65 Å². The van der Waals surface area contributed by atoms with Gasteiger partial charge in [0.2, 0.25) is 5.95 Å². The summed E-state index contributed by atoms with van der Waals surface area (Å²) in [6.45, 7) is 4.11. The van der Waals surface area contributed by atoms with E-state index in [0.717, 1.165) is 52.6 Å². The molecular weight excluding hydrogens is 593 g/mol. The van der Waals surface area contributed by atoms with Crippen LogP contribution in [0.5, 0.6) is 0 Å². The maximum absolute atomic E-state index is 12.9. The van der Waals surface area contributed by atoms with Gasteiger partial charge in [-0.1, -0.05) is 18.2 Å². The van der Waals surface area contributed by atoms with E-state index >= 15 is 0 Å². The molecule has 1 amide bonds. The highest BCUT2D eigenvalue weighted by Gasteiger charge is 2.21. The molecule has 0 saturated carbocycles. The number of hydrogen-bond acceptors (Lipinski definition) is 8. The molecule has 232 valence electrons. The molecule has 0 unspecified atom stereocenters. The molecule has 2 aromatic carbocycles. The second-order valence-corrected chi connectivity index (χ2v) is 12.8. The minimum absolute atomic E-state index is 0.126. The predicted molar refractivity (Wildman–Crippen MR) is 187 cm³/mol. The van der Waals surface area contributed by atoms with Gasteiger partial charge in [-0.3, -0.25) is 9.20 Å². The summed E-state index contributed by atoms with van der Waals surface area (Å²) in [5, 5.41) is 8.40. The maximum atomic E-state index is 12.9. The number of nitrogens with one attached hydrogen (secondary N) is 2. The van der Waals surface area contributed by atoms with Gasteiger partial charge in [0.25, 0.3) is 5.91 Å². The zero-order valence-corrected chi connectivity index (χ0v) is 27.0. The third-order valence-corrected chi connectivity index (χ3v) is 9.51. The number of hydrogen-bond donors (Lipinski definition) is 2. The van der Waals surface area contributed by atoms with Crippen LogP contribution >= 0.6 is 11.3 Å². The molecule has 46 heavy (non-hydrogen) atoms. The lowest BCUT2D eigenvalue weighted by atomic mass is 10.0. The van der Waals surface area contributed by atoms with Crippen LogP contribution in [0, 0.1) is 6.92 Å². The molecule has 0 aliphatic carbocycles. The zero-order chi connectivity index (χ0) is 31.6. The summed E-state index contributed by atoms with van der Waals surface area (Å²) in [5.74, 6) is 0.375. The largest absolute Gasteiger partial charge is 0.371 e. The van der Waals surface area contributed by atoms with Crippen molar-refractivity contribution in [3.63, 3.8) is 0 Å². The number of fused-ring (bicyclic) bond motifs is 1. The SMILES string of the molecule is Cc1csc(C(=O)Nc2cccc(-c3nc4ccccn4c3-c3ccnc(Nc4ccc(N5CCC(N(C)C)CC5)cc4)n3)c2)c1. The first kappa shape index (κ1) is 29.6. The van der Waals surface area contributed by atoms with Crippen LogP contribution in [0.2, 0.25) is 0 Å². The Kier molecular flexibility index (Phi) is 8.21. The van der Waals surface area contributed by atoms with Crippen molar-refractivity contribution < 1.29 is 4.79 Å². The van der Waals surface area contributed by atoms with Crippen molar-refractivity contribution in [2.24, 2.45) is 0 Å². The third-order valence-electron chi connectivity index (χ3n) is 8.46. The highest BCUT2D eigenvalue weighted by atomic mass is 32.1. The van der Waals surface area contributed by atoms with E-state index < -0.39 is 0 Å². The maximum Gasteiger partial charge on any atom is 0.265 e. The molecule has 4 aromatic heterocycles. The molecule has 6 aromatic rings. The Morgan fingerprint density at radius 1 is 0.935 bits per heavy atom. The van der Waals surface area contributed by atoms with Crippen LogP contribution in [0.1, 0.15) is 28.1 Å². The number of nitrogens with zero attached hydrogens (tertiary/aromatic N) is 6. The highest BCUT2D eigenvalue weighted by molar-refractivity contribution is 7.12. The molecule has 10 heteroatoms. The van der Waals surface area contributed by atoms with E-state index in [2.05, 4.69) is 63.8 Å². The predicted octanol–water partition coefficient (Wildman–Crippen LogP) is 7.35. The number of carbonyl (C=O) groups excluding carboxylic acids is 1. The molecule has 2 N–H and O–H groups in total. The summed E-state index contributed by atoms with van der Waals surface area (Å²) in [7, 11) is 4.34. The summed E-state index contributed by atoms with van der Waals surface area (Å²) < 4.78 is 2.04. The Labute approximate surface area is 272 Å². The average molecular weight is 629 g/mol. The number of aryl methyl sites for hydroxylation is 1. The van der Waals surface area contributed by atoms with E-state index in [1.807, 2.05) is 77.5 Å². The van der Waals surface area contributed by atoms with Crippen LogP contribution in [0.15, 0.2) is 96.6 Å². The fraction of sp³-hybridized carbons (Fsp3) is 0.222. The van der Waals surface area contributed by atoms with E-state index in [-0.39, 0.29) is 5.91 Å². The summed E-state index contributed by atoms with van der Waals surface area (Å²) in [6.07, 6.45) is 6.10. The highest BCUT2D eigenvalue weighted by Crippen LogP contribution is 2.34. The van der Waals surface area contributed by atoms with Gasteiger partial charge in [-0.2, -0.15) is 0 Å². The number of imidazole rings is 1. The molecule has 9 nitrogen and oxygen atoms in total. The minimum Gasteiger partial charge on any atom is -0.371 e. The number of rotatable bonds is 8. The van der Waals surface area contributed by atoms with Crippen LogP contribution in [0.3, 0.4) is 0 Å². The minimum atomic E-state index is -0.126. The first-order chi connectivity index (χ1) is 22.4. The Hall–Kier alpha value is -5.06. The lowest BCUT2D eigenvalue weighted by Crippen LogP contribution is -2.41. The molecule has 1 aliphatic heterocycles. The van der Waals surface area contributed by atoms with Crippen molar-refractivity contribution >= 4 is 45.9 Å². The quantitative estimate of drug-likeness (QED) is 0.182. The molecule has 5 heterocycles. The van der Waals surface area contributed by atoms with Gasteiger partial charge in [-0.15, -0.1) is 11.3 Å². The number of thiophene rings is 1. The van der Waals surface area contributed by atoms with Crippen molar-refractivity contribution in [1.29, 1.82) is 0 Å². The number of anilines is 4. The third kappa shape index (κ3) is 6.22. The second-order valence-electron chi connectivity index (χ2n) is 11.9. The summed E-state index contributed by atoms with van der Waals surface area (Å²) >= 11 is 1.44. The van der Waals surface area contributed by atoms with Gasteiger partial charge in [-0.05, 0) is 105 Å². The normalized spacial score (nSPS) is 13.8. The molecule has 1 saturated heterocycles. The van der Waals surface area contributed by atoms with E-state index in [0.29, 0.717) is 22.6 Å². The molecule has 1 fully saturated rings. The molecule has 0 radical (unpaired) electrons. The van der Waals surface area contributed by atoms with Gasteiger partial charge in [0.15, 0.2) is 0 Å². The van der Waals surface area contributed by atoms with Gasteiger partial charge < -0.3 is 20.4 Å². The summed E-state index contributed by atoms with van der Waals surface area (Å²) in [5.41, 5.74) is 7.94. The summed E-state index contributed by atoms with van der Waals surface area (Å²) in [4.78, 5) is 32.8. The first-order valence-corrected chi connectivity index (χ1v) is 16.3. The fourth-order valence-corrected chi connectivity index (χ4v) is 6.80. The number of pyridine rings is 1. The van der Waals surface area contributed by atoms with Crippen molar-refractivity contribution in [3.8, 4) is 22.6 Å². The molecule has 1 aliphatic rings. The Morgan fingerprint density at radius 2 is 1.76 bits per heavy atom. The van der Waals surface area contributed by atoms with Crippen LogP contribution in [0.25, 0.3) is 28.3 Å². The van der Waals surface area contributed by atoms with Crippen LogP contribution in [0.4, 0.5) is 23.0 Å². The van der Waals surface area contributed by atoms with Gasteiger partial charge >= 0.3 is 0 Å². The lowest BCUT2D eigenvalue weighted by Gasteiger charge is -2.36. The van der Waals surface area contributed by atoms with E-state index in [4.69, 9.17) is 9.97 Å². The van der Waals surface area contributed by atoms with Gasteiger partial charge in [0, 0.05) is 54.2 Å². The van der Waals surface area contributed by atoms with E-state index in [1.165, 1.54) is 29.9 Å². The molecule has 0 spiro atoms. The Balaban J connectivity index is 1.14. The van der Waals surface area contributed by atoms with Gasteiger partial charge in [-0.25, -0.2) is 15.0 Å². The first-order valence-electron chi connectivity index (χ1n) is 15.5. The number of amides is 1. The van der Waals surface area contributed by atoms with Crippen molar-refractivity contribution in [3.05, 3.63) is 107 Å². The zero-order valence-electron chi connectivity index (χ0n) is 26.1. The summed E-state index contributed by atoms with van der Waals surface area (Å²) in [6, 6.07) is 26.6. The molecular formula is C36H36N8OS. The van der Waals surface area contributed by atoms with Crippen LogP contribution in [-0.4, -0.2) is 63.4 Å². The molecule has 7 rings (SSSR count). The Morgan fingerprint density at radius 3 is 2.52 bits per heavy atom. The standard InChI is InChI=1S/C36H36N8OS/c1-24-21-31(46-23-24)35(45)38-27-8-6-7-25(22-27)33-34(44-18-5-4-9-32(44)41-33)30-14-17-37-36(40-30)39-26-10-12-29(13-11-26)43-19-15-28(16-20-43)42(2)3/h4-14,17-18,21-23,28H,15-16,19-20H2,1-3H3,(H,38,45)(H,37,39,40). The van der Waals surface area contributed by atoms with Crippen molar-refractivity contribution in [1.82, 2.24) is 24.3 Å². The van der Waals surface area contributed by atoms with Gasteiger partial charge in [0.05, 0.1) is 22.0 Å². The van der Waals surface area contributed by atoms with Crippen LogP contribution in [-0.2, 0) is 0 Å². The van der Waals surface area contributed by atoms with E-state index in [1.54, 1.807) is 6.20 Å². The van der Waals surface area contributed by atoms with Crippen LogP contribution < -0.4 is 15.5 Å². The number of carbonyl (C=O) groups is 1. The van der Waals surface area contributed by atoms with Crippen molar-refractivity contribution in [2.75, 3.05) is 42.7 Å². The number of aromatic nitrogens is 4. The monoisotopic (exact) mass is 628 g/mol. The Bertz CT molecular complexity index is 1990.